The van der Waals surface area contributed by atoms with Crippen molar-refractivity contribution in [3.05, 3.63) is 0 Å². The molecule has 20 heavy (non-hydrogen) atoms. The van der Waals surface area contributed by atoms with E-state index in [0.29, 0.717) is 12.5 Å². The van der Waals surface area contributed by atoms with Gasteiger partial charge in [0, 0.05) is 19.6 Å². The van der Waals surface area contributed by atoms with Crippen LogP contribution in [0, 0.1) is 5.92 Å². The lowest BCUT2D eigenvalue weighted by atomic mass is 9.96. The van der Waals surface area contributed by atoms with Crippen molar-refractivity contribution in [1.82, 2.24) is 15.1 Å². The van der Waals surface area contributed by atoms with Gasteiger partial charge in [0.25, 0.3) is 0 Å². The molecule has 2 aliphatic heterocycles. The van der Waals surface area contributed by atoms with Crippen LogP contribution in [0.4, 0.5) is 0 Å². The van der Waals surface area contributed by atoms with Crippen molar-refractivity contribution in [3.63, 3.8) is 0 Å². The van der Waals surface area contributed by atoms with E-state index in [-0.39, 0.29) is 0 Å². The van der Waals surface area contributed by atoms with Gasteiger partial charge in [-0.05, 0) is 51.2 Å². The minimum absolute atomic E-state index is 0.336. The Morgan fingerprint density at radius 2 is 2.00 bits per heavy atom. The minimum Gasteiger partial charge on any atom is -0.340 e. The number of rotatable bonds is 4. The van der Waals surface area contributed by atoms with E-state index in [1.165, 1.54) is 32.1 Å². The average Bonchev–Trinajstić information content (AvgIpc) is 2.82. The molecule has 0 saturated carbocycles. The van der Waals surface area contributed by atoms with Gasteiger partial charge >= 0.3 is 0 Å². The fourth-order valence-electron chi connectivity index (χ4n) is 3.47. The molecule has 2 rings (SSSR count). The second kappa shape index (κ2) is 8.63. The fourth-order valence-corrected chi connectivity index (χ4v) is 3.47. The largest absolute Gasteiger partial charge is 0.340 e. The monoisotopic (exact) mass is 281 g/mol. The molecule has 0 spiro atoms. The Labute approximate surface area is 123 Å². The van der Waals surface area contributed by atoms with Crippen LogP contribution in [0.3, 0.4) is 0 Å². The van der Waals surface area contributed by atoms with Crippen molar-refractivity contribution >= 4 is 5.91 Å². The van der Waals surface area contributed by atoms with Gasteiger partial charge < -0.3 is 10.2 Å². The van der Waals surface area contributed by atoms with Crippen LogP contribution in [0.2, 0.25) is 0 Å². The molecule has 1 unspecified atom stereocenters. The van der Waals surface area contributed by atoms with Gasteiger partial charge in [0.15, 0.2) is 0 Å². The summed E-state index contributed by atoms with van der Waals surface area (Å²) in [4.78, 5) is 16.8. The summed E-state index contributed by atoms with van der Waals surface area (Å²) >= 11 is 0. The summed E-state index contributed by atoms with van der Waals surface area (Å²) in [5.74, 6) is 1.23. The Bertz CT molecular complexity index is 287. The van der Waals surface area contributed by atoms with E-state index in [0.717, 1.165) is 51.6 Å². The number of hydrogen-bond donors (Lipinski definition) is 1. The van der Waals surface area contributed by atoms with Crippen molar-refractivity contribution in [3.8, 4) is 0 Å². The third-order valence-electron chi connectivity index (χ3n) is 4.69. The number of hydrogen-bond acceptors (Lipinski definition) is 3. The SMILES string of the molecule is CCCC1CCCN(CC(=O)N2CCCNCC2)CC1. The van der Waals surface area contributed by atoms with E-state index in [1.807, 2.05) is 0 Å². The molecule has 0 radical (unpaired) electrons. The second-order valence-electron chi connectivity index (χ2n) is 6.35. The van der Waals surface area contributed by atoms with Crippen LogP contribution in [-0.4, -0.2) is 61.5 Å². The van der Waals surface area contributed by atoms with E-state index in [9.17, 15) is 4.79 Å². The average molecular weight is 281 g/mol. The summed E-state index contributed by atoms with van der Waals surface area (Å²) in [6.07, 6.45) is 7.64. The van der Waals surface area contributed by atoms with Crippen LogP contribution >= 0.6 is 0 Å². The Morgan fingerprint density at radius 3 is 2.85 bits per heavy atom. The predicted octanol–water partition coefficient (Wildman–Crippen LogP) is 1.71. The highest BCUT2D eigenvalue weighted by Gasteiger charge is 2.21. The molecule has 2 saturated heterocycles. The van der Waals surface area contributed by atoms with Gasteiger partial charge in [-0.2, -0.15) is 0 Å². The maximum absolute atomic E-state index is 12.4. The Balaban J connectivity index is 1.75. The van der Waals surface area contributed by atoms with Crippen LogP contribution in [-0.2, 0) is 4.79 Å². The Morgan fingerprint density at radius 1 is 1.10 bits per heavy atom. The van der Waals surface area contributed by atoms with Gasteiger partial charge in [0.05, 0.1) is 6.54 Å². The van der Waals surface area contributed by atoms with Gasteiger partial charge in [-0.3, -0.25) is 9.69 Å². The molecule has 0 aliphatic carbocycles. The number of nitrogens with zero attached hydrogens (tertiary/aromatic N) is 2. The normalized spacial score (nSPS) is 26.1. The zero-order valence-corrected chi connectivity index (χ0v) is 13.1. The first-order chi connectivity index (χ1) is 9.79. The van der Waals surface area contributed by atoms with Crippen LogP contribution < -0.4 is 5.32 Å². The number of amides is 1. The van der Waals surface area contributed by atoms with E-state index in [1.54, 1.807) is 0 Å². The third-order valence-corrected chi connectivity index (χ3v) is 4.69. The minimum atomic E-state index is 0.336. The van der Waals surface area contributed by atoms with Crippen molar-refractivity contribution in [2.24, 2.45) is 5.92 Å². The maximum atomic E-state index is 12.4. The maximum Gasteiger partial charge on any atom is 0.236 e. The second-order valence-corrected chi connectivity index (χ2v) is 6.35. The van der Waals surface area contributed by atoms with Crippen molar-refractivity contribution in [1.29, 1.82) is 0 Å². The molecule has 1 atom stereocenters. The predicted molar refractivity (Wildman–Crippen MR) is 82.8 cm³/mol. The van der Waals surface area contributed by atoms with Crippen molar-refractivity contribution in [2.75, 3.05) is 45.8 Å². The highest BCUT2D eigenvalue weighted by atomic mass is 16.2. The number of carbonyl (C=O) groups excluding carboxylic acids is 1. The van der Waals surface area contributed by atoms with E-state index in [2.05, 4.69) is 22.0 Å². The van der Waals surface area contributed by atoms with Crippen molar-refractivity contribution in [2.45, 2.75) is 45.4 Å². The lowest BCUT2D eigenvalue weighted by Crippen LogP contribution is -2.42. The molecule has 4 heteroatoms. The highest BCUT2D eigenvalue weighted by molar-refractivity contribution is 5.78. The van der Waals surface area contributed by atoms with E-state index < -0.39 is 0 Å². The lowest BCUT2D eigenvalue weighted by Gasteiger charge is -2.25. The number of nitrogens with one attached hydrogen (secondary N) is 1. The molecule has 4 nitrogen and oxygen atoms in total. The van der Waals surface area contributed by atoms with E-state index in [4.69, 9.17) is 0 Å². The number of carbonyl (C=O) groups is 1. The first kappa shape index (κ1) is 15.8. The zero-order chi connectivity index (χ0) is 14.2. The first-order valence-corrected chi connectivity index (χ1v) is 8.50. The zero-order valence-electron chi connectivity index (χ0n) is 13.1. The van der Waals surface area contributed by atoms with Crippen molar-refractivity contribution < 1.29 is 4.79 Å². The molecule has 116 valence electrons. The summed E-state index contributed by atoms with van der Waals surface area (Å²) in [6, 6.07) is 0. The van der Waals surface area contributed by atoms with Crippen LogP contribution in [0.1, 0.15) is 45.4 Å². The summed E-state index contributed by atoms with van der Waals surface area (Å²) < 4.78 is 0. The lowest BCUT2D eigenvalue weighted by molar-refractivity contribution is -0.132. The highest BCUT2D eigenvalue weighted by Crippen LogP contribution is 2.21. The van der Waals surface area contributed by atoms with Crippen LogP contribution in [0.15, 0.2) is 0 Å². The molecular formula is C16H31N3O. The Kier molecular flexibility index (Phi) is 6.80. The van der Waals surface area contributed by atoms with Gasteiger partial charge in [-0.25, -0.2) is 0 Å². The van der Waals surface area contributed by atoms with Gasteiger partial charge in [0.2, 0.25) is 5.91 Å². The third kappa shape index (κ3) is 5.06. The molecule has 0 aromatic rings. The topological polar surface area (TPSA) is 35.6 Å². The number of likely N-dealkylation sites (tertiary alicyclic amines) is 1. The summed E-state index contributed by atoms with van der Waals surface area (Å²) in [5, 5.41) is 3.36. The van der Waals surface area contributed by atoms with Gasteiger partial charge in [-0.1, -0.05) is 19.8 Å². The summed E-state index contributed by atoms with van der Waals surface area (Å²) in [5.41, 5.74) is 0. The molecule has 0 bridgehead atoms. The van der Waals surface area contributed by atoms with Crippen LogP contribution in [0.5, 0.6) is 0 Å². The molecule has 1 N–H and O–H groups in total. The van der Waals surface area contributed by atoms with Gasteiger partial charge in [0.1, 0.15) is 0 Å². The molecule has 0 aromatic heterocycles. The Hall–Kier alpha value is -0.610. The summed E-state index contributed by atoms with van der Waals surface area (Å²) in [6.45, 7) is 8.94. The molecule has 1 amide bonds. The fraction of sp³-hybridized carbons (Fsp3) is 0.938. The molecule has 0 aromatic carbocycles. The molecule has 2 aliphatic rings. The van der Waals surface area contributed by atoms with Crippen LogP contribution in [0.25, 0.3) is 0 Å². The van der Waals surface area contributed by atoms with Gasteiger partial charge in [-0.15, -0.1) is 0 Å². The smallest absolute Gasteiger partial charge is 0.236 e. The first-order valence-electron chi connectivity index (χ1n) is 8.50. The molecular weight excluding hydrogens is 250 g/mol. The molecule has 2 fully saturated rings. The standard InChI is InChI=1S/C16H31N3O/c1-2-5-15-6-3-10-18(12-7-15)14-16(20)19-11-4-8-17-9-13-19/h15,17H,2-14H2,1H3. The quantitative estimate of drug-likeness (QED) is 0.852. The molecule has 2 heterocycles. The summed E-state index contributed by atoms with van der Waals surface area (Å²) in [7, 11) is 0. The van der Waals surface area contributed by atoms with E-state index >= 15 is 0 Å².